The van der Waals surface area contributed by atoms with Crippen molar-refractivity contribution >= 4 is 0 Å². The number of hydrogen-bond donors (Lipinski definition) is 5. The lowest BCUT2D eigenvalue weighted by atomic mass is 9.94. The van der Waals surface area contributed by atoms with E-state index in [4.69, 9.17) is 0 Å². The zero-order chi connectivity index (χ0) is 8.93. The molecule has 2 fully saturated rings. The van der Waals surface area contributed by atoms with Crippen LogP contribution in [0.3, 0.4) is 0 Å². The summed E-state index contributed by atoms with van der Waals surface area (Å²) in [5.74, 6) is 0. The van der Waals surface area contributed by atoms with E-state index in [1.54, 1.807) is 0 Å². The molecule has 0 aromatic carbocycles. The maximum atomic E-state index is 9.65. The van der Waals surface area contributed by atoms with Crippen LogP contribution in [0.2, 0.25) is 0 Å². The van der Waals surface area contributed by atoms with Gasteiger partial charge in [-0.1, -0.05) is 0 Å². The first-order valence-electron chi connectivity index (χ1n) is 4.09. The number of piperidine rings is 1. The van der Waals surface area contributed by atoms with Crippen molar-refractivity contribution in [1.82, 2.24) is 5.32 Å². The standard InChI is InChI=1S/C7H13NO4/c9-4-3-1-2-7(12,8-3)6(11)5(4)10/h3-6,8-12H,1-2H2/t3-,4+,5-,6+,7-/m1/s1. The molecule has 0 saturated carbocycles. The highest BCUT2D eigenvalue weighted by Crippen LogP contribution is 2.34. The van der Waals surface area contributed by atoms with Crippen LogP contribution in [-0.4, -0.2) is 50.5 Å². The molecular weight excluding hydrogens is 162 g/mol. The minimum absolute atomic E-state index is 0.298. The zero-order valence-corrected chi connectivity index (χ0v) is 6.51. The maximum absolute atomic E-state index is 9.65. The zero-order valence-electron chi connectivity index (χ0n) is 6.51. The van der Waals surface area contributed by atoms with Gasteiger partial charge in [0.2, 0.25) is 0 Å². The van der Waals surface area contributed by atoms with E-state index in [1.165, 1.54) is 0 Å². The van der Waals surface area contributed by atoms with Crippen LogP contribution < -0.4 is 5.32 Å². The molecule has 2 saturated heterocycles. The van der Waals surface area contributed by atoms with Crippen molar-refractivity contribution in [2.75, 3.05) is 0 Å². The summed E-state index contributed by atoms with van der Waals surface area (Å²) in [6, 6.07) is -0.298. The highest BCUT2D eigenvalue weighted by atomic mass is 16.4. The van der Waals surface area contributed by atoms with Crippen LogP contribution >= 0.6 is 0 Å². The summed E-state index contributed by atoms with van der Waals surface area (Å²) < 4.78 is 0. The lowest BCUT2D eigenvalue weighted by molar-refractivity contribution is -0.186. The summed E-state index contributed by atoms with van der Waals surface area (Å²) in [6.45, 7) is 0. The second-order valence-electron chi connectivity index (χ2n) is 3.64. The fraction of sp³-hybridized carbons (Fsp3) is 1.00. The predicted octanol–water partition coefficient (Wildman–Crippen LogP) is -2.48. The van der Waals surface area contributed by atoms with Crippen LogP contribution in [0.1, 0.15) is 12.8 Å². The number of fused-ring (bicyclic) bond motifs is 2. The van der Waals surface area contributed by atoms with Gasteiger partial charge in [-0.25, -0.2) is 0 Å². The van der Waals surface area contributed by atoms with Crippen molar-refractivity contribution in [3.63, 3.8) is 0 Å². The lowest BCUT2D eigenvalue weighted by Gasteiger charge is -2.40. The molecule has 5 heteroatoms. The van der Waals surface area contributed by atoms with E-state index < -0.39 is 24.0 Å². The van der Waals surface area contributed by atoms with Crippen molar-refractivity contribution < 1.29 is 20.4 Å². The van der Waals surface area contributed by atoms with Gasteiger partial charge in [-0.3, -0.25) is 5.32 Å². The first kappa shape index (κ1) is 8.40. The first-order valence-corrected chi connectivity index (χ1v) is 4.09. The molecule has 0 unspecified atom stereocenters. The smallest absolute Gasteiger partial charge is 0.145 e. The molecule has 0 aromatic rings. The minimum Gasteiger partial charge on any atom is -0.389 e. The lowest BCUT2D eigenvalue weighted by Crippen LogP contribution is -2.67. The summed E-state index contributed by atoms with van der Waals surface area (Å²) in [5, 5.41) is 40.4. The van der Waals surface area contributed by atoms with Crippen LogP contribution in [0.5, 0.6) is 0 Å². The van der Waals surface area contributed by atoms with Gasteiger partial charge < -0.3 is 20.4 Å². The van der Waals surface area contributed by atoms with Crippen molar-refractivity contribution in [3.8, 4) is 0 Å². The van der Waals surface area contributed by atoms with Gasteiger partial charge in [0.25, 0.3) is 0 Å². The van der Waals surface area contributed by atoms with Crippen molar-refractivity contribution in [2.24, 2.45) is 0 Å². The van der Waals surface area contributed by atoms with E-state index in [1.807, 2.05) is 0 Å². The predicted molar refractivity (Wildman–Crippen MR) is 39.1 cm³/mol. The van der Waals surface area contributed by atoms with Gasteiger partial charge in [-0.05, 0) is 12.8 Å². The van der Waals surface area contributed by atoms with Crippen molar-refractivity contribution in [3.05, 3.63) is 0 Å². The molecule has 0 spiro atoms. The molecule has 2 heterocycles. The van der Waals surface area contributed by atoms with E-state index >= 15 is 0 Å². The van der Waals surface area contributed by atoms with Crippen LogP contribution in [0.4, 0.5) is 0 Å². The number of hydrogen-bond acceptors (Lipinski definition) is 5. The second kappa shape index (κ2) is 2.40. The van der Waals surface area contributed by atoms with Gasteiger partial charge in [0.1, 0.15) is 17.9 Å². The molecule has 0 amide bonds. The van der Waals surface area contributed by atoms with E-state index in [0.29, 0.717) is 12.8 Å². The minimum atomic E-state index is -1.40. The molecule has 5 nitrogen and oxygen atoms in total. The summed E-state index contributed by atoms with van der Waals surface area (Å²) >= 11 is 0. The Labute approximate surface area is 69.6 Å². The Kier molecular flexibility index (Phi) is 1.68. The fourth-order valence-corrected chi connectivity index (χ4v) is 2.04. The highest BCUT2D eigenvalue weighted by molar-refractivity contribution is 5.07. The average molecular weight is 175 g/mol. The quantitative estimate of drug-likeness (QED) is 0.281. The maximum Gasteiger partial charge on any atom is 0.145 e. The van der Waals surface area contributed by atoms with E-state index in [2.05, 4.69) is 5.32 Å². The molecule has 2 aliphatic rings. The first-order chi connectivity index (χ1) is 5.54. The van der Waals surface area contributed by atoms with Crippen LogP contribution in [0.25, 0.3) is 0 Å². The van der Waals surface area contributed by atoms with Gasteiger partial charge in [0, 0.05) is 6.04 Å². The van der Waals surface area contributed by atoms with Crippen LogP contribution in [0, 0.1) is 0 Å². The molecule has 12 heavy (non-hydrogen) atoms. The normalized spacial score (nSPS) is 59.0. The Balaban J connectivity index is 2.25. The Morgan fingerprint density at radius 3 is 2.50 bits per heavy atom. The second-order valence-corrected chi connectivity index (χ2v) is 3.64. The molecule has 0 aliphatic carbocycles. The Morgan fingerprint density at radius 2 is 1.83 bits per heavy atom. The molecule has 0 radical (unpaired) electrons. The SMILES string of the molecule is O[C@@H]1[C@@H](O)[C@H](O)[C@]2(O)CC[C@H]1N2. The van der Waals surface area contributed by atoms with Gasteiger partial charge in [0.05, 0.1) is 6.10 Å². The van der Waals surface area contributed by atoms with E-state index in [-0.39, 0.29) is 6.04 Å². The molecule has 2 bridgehead atoms. The van der Waals surface area contributed by atoms with Crippen molar-refractivity contribution in [1.29, 1.82) is 0 Å². The number of aliphatic hydroxyl groups excluding tert-OH is 3. The molecular formula is C7H13NO4. The number of aliphatic hydroxyl groups is 4. The summed E-state index contributed by atoms with van der Waals surface area (Å²) in [4.78, 5) is 0. The van der Waals surface area contributed by atoms with Gasteiger partial charge in [-0.15, -0.1) is 0 Å². The van der Waals surface area contributed by atoms with Gasteiger partial charge in [-0.2, -0.15) is 0 Å². The molecule has 0 aromatic heterocycles. The largest absolute Gasteiger partial charge is 0.389 e. The number of rotatable bonds is 0. The fourth-order valence-electron chi connectivity index (χ4n) is 2.04. The van der Waals surface area contributed by atoms with Gasteiger partial charge >= 0.3 is 0 Å². The Hall–Kier alpha value is -0.200. The number of nitrogens with one attached hydrogen (secondary N) is 1. The molecule has 2 aliphatic heterocycles. The average Bonchev–Trinajstić information content (AvgIpc) is 2.41. The molecule has 5 atom stereocenters. The summed E-state index contributed by atoms with van der Waals surface area (Å²) in [7, 11) is 0. The Morgan fingerprint density at radius 1 is 1.17 bits per heavy atom. The summed E-state index contributed by atoms with van der Waals surface area (Å²) in [5.41, 5.74) is -1.40. The third kappa shape index (κ3) is 0.915. The molecule has 2 rings (SSSR count). The highest BCUT2D eigenvalue weighted by Gasteiger charge is 2.55. The van der Waals surface area contributed by atoms with Crippen LogP contribution in [0.15, 0.2) is 0 Å². The van der Waals surface area contributed by atoms with Crippen molar-refractivity contribution in [2.45, 2.75) is 42.9 Å². The van der Waals surface area contributed by atoms with E-state index in [9.17, 15) is 20.4 Å². The molecule has 5 N–H and O–H groups in total. The molecule has 70 valence electrons. The summed E-state index contributed by atoms with van der Waals surface area (Å²) in [6.07, 6.45) is -2.59. The third-order valence-corrected chi connectivity index (χ3v) is 2.85. The monoisotopic (exact) mass is 175 g/mol. The Bertz CT molecular complexity index is 200. The van der Waals surface area contributed by atoms with Crippen LogP contribution in [-0.2, 0) is 0 Å². The van der Waals surface area contributed by atoms with E-state index in [0.717, 1.165) is 0 Å². The topological polar surface area (TPSA) is 93.0 Å². The third-order valence-electron chi connectivity index (χ3n) is 2.85. The van der Waals surface area contributed by atoms with Gasteiger partial charge in [0.15, 0.2) is 0 Å².